The van der Waals surface area contributed by atoms with Gasteiger partial charge in [0.1, 0.15) is 6.33 Å². The maximum absolute atomic E-state index is 6.06. The lowest BCUT2D eigenvalue weighted by Gasteiger charge is -2.32. The molecule has 0 amide bonds. The minimum Gasteiger partial charge on any atom is -0.399 e. The fourth-order valence-electron chi connectivity index (χ4n) is 2.17. The van der Waals surface area contributed by atoms with Gasteiger partial charge in [0.15, 0.2) is 5.16 Å². The van der Waals surface area contributed by atoms with Crippen LogP contribution in [-0.4, -0.2) is 33.5 Å². The lowest BCUT2D eigenvalue weighted by atomic mass is 9.79. The van der Waals surface area contributed by atoms with E-state index in [1.165, 1.54) is 11.9 Å². The van der Waals surface area contributed by atoms with E-state index in [-0.39, 0.29) is 18.3 Å². The highest BCUT2D eigenvalue weighted by atomic mass is 32.2. The molecule has 0 atom stereocenters. The van der Waals surface area contributed by atoms with Gasteiger partial charge in [-0.2, -0.15) is 5.10 Å². The van der Waals surface area contributed by atoms with Crippen LogP contribution in [0, 0.1) is 0 Å². The summed E-state index contributed by atoms with van der Waals surface area (Å²) in [7, 11) is -0.305. The van der Waals surface area contributed by atoms with E-state index >= 15 is 0 Å². The second kappa shape index (κ2) is 5.72. The van der Waals surface area contributed by atoms with Crippen LogP contribution in [0.4, 0.5) is 0 Å². The SMILES string of the molecule is CC1(C)OB(c2ccc(CSc3ncn[nH]3)cc2)OC1(C)C. The molecule has 1 aliphatic rings. The molecule has 5 nitrogen and oxygen atoms in total. The standard InChI is InChI=1S/C15H20BN3O2S/c1-14(2)15(3,4)21-16(20-14)12-7-5-11(6-8-12)9-22-13-17-10-18-19-13/h5-8,10H,9H2,1-4H3,(H,17,18,19). The smallest absolute Gasteiger partial charge is 0.399 e. The Hall–Kier alpha value is -1.31. The van der Waals surface area contributed by atoms with Crippen LogP contribution in [0.1, 0.15) is 33.3 Å². The molecule has 0 aliphatic carbocycles. The third-order valence-corrected chi connectivity index (χ3v) is 5.22. The lowest BCUT2D eigenvalue weighted by molar-refractivity contribution is 0.00578. The van der Waals surface area contributed by atoms with E-state index < -0.39 is 0 Å². The molecular weight excluding hydrogens is 297 g/mol. The van der Waals surface area contributed by atoms with Gasteiger partial charge in [-0.25, -0.2) is 4.98 Å². The van der Waals surface area contributed by atoms with E-state index in [2.05, 4.69) is 67.1 Å². The molecule has 0 unspecified atom stereocenters. The van der Waals surface area contributed by atoms with Gasteiger partial charge in [-0.1, -0.05) is 36.0 Å². The molecule has 0 bridgehead atoms. The highest BCUT2D eigenvalue weighted by molar-refractivity contribution is 7.98. The van der Waals surface area contributed by atoms with Gasteiger partial charge in [-0.3, -0.25) is 5.10 Å². The van der Waals surface area contributed by atoms with Crippen LogP contribution in [0.2, 0.25) is 0 Å². The van der Waals surface area contributed by atoms with E-state index in [0.29, 0.717) is 0 Å². The Morgan fingerprint density at radius 1 is 1.09 bits per heavy atom. The van der Waals surface area contributed by atoms with Crippen molar-refractivity contribution in [1.29, 1.82) is 0 Å². The number of aromatic amines is 1. The largest absolute Gasteiger partial charge is 0.494 e. The summed E-state index contributed by atoms with van der Waals surface area (Å²) >= 11 is 1.63. The first-order valence-electron chi connectivity index (χ1n) is 7.30. The highest BCUT2D eigenvalue weighted by Gasteiger charge is 2.51. The van der Waals surface area contributed by atoms with Crippen LogP contribution in [0.5, 0.6) is 0 Å². The molecule has 2 heterocycles. The monoisotopic (exact) mass is 317 g/mol. The zero-order chi connectivity index (χ0) is 15.8. The van der Waals surface area contributed by atoms with Crippen LogP contribution in [-0.2, 0) is 15.1 Å². The zero-order valence-corrected chi connectivity index (χ0v) is 14.1. The van der Waals surface area contributed by atoms with E-state index in [1.54, 1.807) is 11.8 Å². The molecule has 7 heteroatoms. The average Bonchev–Trinajstić information content (AvgIpc) is 3.04. The van der Waals surface area contributed by atoms with Gasteiger partial charge in [0.25, 0.3) is 0 Å². The van der Waals surface area contributed by atoms with E-state index in [0.717, 1.165) is 16.4 Å². The average molecular weight is 317 g/mol. The number of benzene rings is 1. The Balaban J connectivity index is 1.65. The molecule has 1 saturated heterocycles. The van der Waals surface area contributed by atoms with Crippen molar-refractivity contribution >= 4 is 24.3 Å². The number of rotatable bonds is 4. The van der Waals surface area contributed by atoms with Gasteiger partial charge in [0.05, 0.1) is 11.2 Å². The number of H-pyrrole nitrogens is 1. The molecule has 22 heavy (non-hydrogen) atoms. The second-order valence-electron chi connectivity index (χ2n) is 6.41. The van der Waals surface area contributed by atoms with Crippen molar-refractivity contribution in [3.05, 3.63) is 36.2 Å². The maximum atomic E-state index is 6.06. The van der Waals surface area contributed by atoms with Crippen molar-refractivity contribution < 1.29 is 9.31 Å². The van der Waals surface area contributed by atoms with Gasteiger partial charge in [-0.05, 0) is 38.7 Å². The van der Waals surface area contributed by atoms with Crippen molar-refractivity contribution in [3.63, 3.8) is 0 Å². The van der Waals surface area contributed by atoms with Crippen LogP contribution in [0.15, 0.2) is 35.7 Å². The molecule has 3 rings (SSSR count). The number of aromatic nitrogens is 3. The topological polar surface area (TPSA) is 60.0 Å². The van der Waals surface area contributed by atoms with Crippen LogP contribution in [0.3, 0.4) is 0 Å². The first-order chi connectivity index (χ1) is 10.4. The Labute approximate surface area is 135 Å². The van der Waals surface area contributed by atoms with Gasteiger partial charge < -0.3 is 9.31 Å². The normalized spacial score (nSPS) is 19.5. The third-order valence-electron chi connectivity index (χ3n) is 4.27. The lowest BCUT2D eigenvalue weighted by Crippen LogP contribution is -2.41. The van der Waals surface area contributed by atoms with Crippen molar-refractivity contribution in [2.75, 3.05) is 0 Å². The molecule has 116 valence electrons. The molecule has 0 spiro atoms. The summed E-state index contributed by atoms with van der Waals surface area (Å²) < 4.78 is 12.1. The van der Waals surface area contributed by atoms with Crippen molar-refractivity contribution in [2.24, 2.45) is 0 Å². The maximum Gasteiger partial charge on any atom is 0.494 e. The molecule has 1 N–H and O–H groups in total. The van der Waals surface area contributed by atoms with E-state index in [9.17, 15) is 0 Å². The van der Waals surface area contributed by atoms with Crippen LogP contribution in [0.25, 0.3) is 0 Å². The summed E-state index contributed by atoms with van der Waals surface area (Å²) in [6.07, 6.45) is 1.52. The summed E-state index contributed by atoms with van der Waals surface area (Å²) in [6, 6.07) is 8.34. The molecular formula is C15H20BN3O2S. The Bertz CT molecular complexity index is 613. The van der Waals surface area contributed by atoms with Crippen molar-refractivity contribution in [1.82, 2.24) is 15.2 Å². The van der Waals surface area contributed by atoms with Crippen LogP contribution < -0.4 is 5.46 Å². The predicted molar refractivity (Wildman–Crippen MR) is 88.1 cm³/mol. The number of hydrogen-bond donors (Lipinski definition) is 1. The quantitative estimate of drug-likeness (QED) is 0.693. The number of thioether (sulfide) groups is 1. The molecule has 0 saturated carbocycles. The Morgan fingerprint density at radius 3 is 2.27 bits per heavy atom. The Morgan fingerprint density at radius 2 is 1.73 bits per heavy atom. The summed E-state index contributed by atoms with van der Waals surface area (Å²) in [4.78, 5) is 4.10. The molecule has 1 aliphatic heterocycles. The fraction of sp³-hybridized carbons (Fsp3) is 0.467. The van der Waals surface area contributed by atoms with Crippen molar-refractivity contribution in [2.45, 2.75) is 49.8 Å². The molecule has 1 fully saturated rings. The van der Waals surface area contributed by atoms with Gasteiger partial charge in [-0.15, -0.1) is 0 Å². The molecule has 0 radical (unpaired) electrons. The Kier molecular flexibility index (Phi) is 4.05. The van der Waals surface area contributed by atoms with Gasteiger partial charge in [0, 0.05) is 5.75 Å². The van der Waals surface area contributed by atoms with E-state index in [1.807, 2.05) is 0 Å². The van der Waals surface area contributed by atoms with Crippen molar-refractivity contribution in [3.8, 4) is 0 Å². The zero-order valence-electron chi connectivity index (χ0n) is 13.3. The molecule has 1 aromatic heterocycles. The molecule has 1 aromatic carbocycles. The summed E-state index contributed by atoms with van der Waals surface area (Å²) in [5, 5.41) is 7.51. The third kappa shape index (κ3) is 3.07. The number of hydrogen-bond acceptors (Lipinski definition) is 5. The minimum atomic E-state index is -0.307. The summed E-state index contributed by atoms with van der Waals surface area (Å²) in [5.74, 6) is 0.846. The molecule has 2 aromatic rings. The summed E-state index contributed by atoms with van der Waals surface area (Å²) in [6.45, 7) is 8.26. The summed E-state index contributed by atoms with van der Waals surface area (Å²) in [5.41, 5.74) is 1.66. The number of nitrogens with one attached hydrogen (secondary N) is 1. The van der Waals surface area contributed by atoms with Gasteiger partial charge in [0.2, 0.25) is 0 Å². The highest BCUT2D eigenvalue weighted by Crippen LogP contribution is 2.36. The van der Waals surface area contributed by atoms with Crippen LogP contribution >= 0.6 is 11.8 Å². The first-order valence-corrected chi connectivity index (χ1v) is 8.29. The second-order valence-corrected chi connectivity index (χ2v) is 7.37. The minimum absolute atomic E-state index is 0.305. The predicted octanol–water partition coefficient (Wildman–Crippen LogP) is 2.40. The number of nitrogens with zero attached hydrogens (tertiary/aromatic N) is 2. The fourth-order valence-corrected chi connectivity index (χ4v) is 2.90. The van der Waals surface area contributed by atoms with E-state index in [4.69, 9.17) is 9.31 Å². The first kappa shape index (κ1) is 15.6. The van der Waals surface area contributed by atoms with Gasteiger partial charge >= 0.3 is 7.12 Å².